The van der Waals surface area contributed by atoms with Crippen LogP contribution in [0.25, 0.3) is 0 Å². The van der Waals surface area contributed by atoms with Gasteiger partial charge in [-0.1, -0.05) is 0 Å². The molecule has 0 unspecified atom stereocenters. The van der Waals surface area contributed by atoms with Crippen molar-refractivity contribution in [1.29, 1.82) is 5.26 Å². The van der Waals surface area contributed by atoms with Crippen LogP contribution in [0.15, 0.2) is 24.3 Å². The lowest BCUT2D eigenvalue weighted by atomic mass is 10.4. The average molecular weight is 249 g/mol. The molecule has 2 heterocycles. The van der Waals surface area contributed by atoms with Gasteiger partial charge in [-0.25, -0.2) is 0 Å². The lowest BCUT2D eigenvalue weighted by Crippen LogP contribution is -2.05. The van der Waals surface area contributed by atoms with E-state index in [1.165, 1.54) is 16.2 Å². The Balaban J connectivity index is 2.24. The zero-order valence-electron chi connectivity index (χ0n) is 8.80. The summed E-state index contributed by atoms with van der Waals surface area (Å²) in [5.74, 6) is 0. The molecule has 0 bridgehead atoms. The molecule has 0 fully saturated rings. The quantitative estimate of drug-likeness (QED) is 0.910. The van der Waals surface area contributed by atoms with E-state index in [1.807, 2.05) is 25.2 Å². The van der Waals surface area contributed by atoms with Crippen LogP contribution >= 0.6 is 22.7 Å². The first kappa shape index (κ1) is 11.1. The van der Waals surface area contributed by atoms with Gasteiger partial charge in [0.2, 0.25) is 0 Å². The predicted molar refractivity (Wildman–Crippen MR) is 69.3 cm³/mol. The molecule has 82 valence electrons. The number of anilines is 2. The van der Waals surface area contributed by atoms with Crippen molar-refractivity contribution in [3.05, 3.63) is 34.0 Å². The monoisotopic (exact) mass is 249 g/mol. The second-order valence-electron chi connectivity index (χ2n) is 3.25. The summed E-state index contributed by atoms with van der Waals surface area (Å²) in [6.07, 6.45) is 0. The molecule has 2 rings (SSSR count). The van der Waals surface area contributed by atoms with Gasteiger partial charge in [0.15, 0.2) is 0 Å². The van der Waals surface area contributed by atoms with Crippen molar-refractivity contribution in [3.8, 4) is 6.07 Å². The fraction of sp³-hybridized carbons (Fsp3) is 0.182. The van der Waals surface area contributed by atoms with Crippen LogP contribution in [0.2, 0.25) is 0 Å². The van der Waals surface area contributed by atoms with Gasteiger partial charge >= 0.3 is 0 Å². The second kappa shape index (κ2) is 4.66. The first-order chi connectivity index (χ1) is 7.74. The third-order valence-corrected chi connectivity index (χ3v) is 4.46. The molecule has 0 spiro atoms. The van der Waals surface area contributed by atoms with E-state index in [0.29, 0.717) is 6.54 Å². The number of nitrogens with zero attached hydrogens (tertiary/aromatic N) is 2. The van der Waals surface area contributed by atoms with E-state index in [4.69, 9.17) is 11.0 Å². The summed E-state index contributed by atoms with van der Waals surface area (Å²) >= 11 is 3.17. The number of thiophene rings is 2. The van der Waals surface area contributed by atoms with Gasteiger partial charge in [-0.3, -0.25) is 0 Å². The Morgan fingerprint density at radius 3 is 2.50 bits per heavy atom. The molecular formula is C11H11N3S2. The lowest BCUT2D eigenvalue weighted by molar-refractivity contribution is 1.11. The Labute approximate surface area is 102 Å². The topological polar surface area (TPSA) is 53.0 Å². The maximum atomic E-state index is 8.77. The number of hydrogen-bond donors (Lipinski definition) is 1. The maximum absolute atomic E-state index is 8.77. The molecule has 0 aliphatic carbocycles. The van der Waals surface area contributed by atoms with Crippen LogP contribution < -0.4 is 10.6 Å². The molecule has 0 atom stereocenters. The number of rotatable bonds is 3. The Morgan fingerprint density at radius 1 is 1.25 bits per heavy atom. The third-order valence-electron chi connectivity index (χ3n) is 2.21. The number of hydrogen-bond acceptors (Lipinski definition) is 5. The van der Waals surface area contributed by atoms with Crippen molar-refractivity contribution < 1.29 is 0 Å². The van der Waals surface area contributed by atoms with Crippen molar-refractivity contribution >= 4 is 32.7 Å². The molecule has 2 N–H and O–H groups in total. The van der Waals surface area contributed by atoms with Crippen LogP contribution in [0, 0.1) is 11.3 Å². The van der Waals surface area contributed by atoms with E-state index in [1.54, 1.807) is 11.3 Å². The van der Waals surface area contributed by atoms with Gasteiger partial charge < -0.3 is 10.6 Å². The van der Waals surface area contributed by atoms with E-state index in [2.05, 4.69) is 17.0 Å². The van der Waals surface area contributed by atoms with Crippen LogP contribution in [0.4, 0.5) is 10.0 Å². The minimum atomic E-state index is 0.576. The lowest BCUT2D eigenvalue weighted by Gasteiger charge is -2.13. The third kappa shape index (κ3) is 2.09. The molecule has 0 aliphatic rings. The summed E-state index contributed by atoms with van der Waals surface area (Å²) in [5.41, 5.74) is 5.58. The van der Waals surface area contributed by atoms with Gasteiger partial charge in [-0.15, -0.1) is 22.7 Å². The molecule has 0 aromatic carbocycles. The highest BCUT2D eigenvalue weighted by atomic mass is 32.1. The molecule has 0 radical (unpaired) electrons. The highest BCUT2D eigenvalue weighted by Gasteiger charge is 2.09. The Kier molecular flexibility index (Phi) is 3.25. The standard InChI is InChI=1S/C11H11N3S2/c1-14(10-4-2-8(6-12)15-10)11-5-3-9(7-13)16-11/h2-5H,6,12H2,1H3. The summed E-state index contributed by atoms with van der Waals surface area (Å²) in [6.45, 7) is 0.576. The number of nitrogens with two attached hydrogens (primary N) is 1. The zero-order valence-corrected chi connectivity index (χ0v) is 10.4. The average Bonchev–Trinajstić information content (AvgIpc) is 2.97. The van der Waals surface area contributed by atoms with Gasteiger partial charge in [-0.05, 0) is 24.3 Å². The van der Waals surface area contributed by atoms with Crippen molar-refractivity contribution in [2.45, 2.75) is 6.54 Å². The van der Waals surface area contributed by atoms with Crippen LogP contribution in [0.5, 0.6) is 0 Å². The van der Waals surface area contributed by atoms with E-state index in [9.17, 15) is 0 Å². The van der Waals surface area contributed by atoms with Crippen molar-refractivity contribution in [2.24, 2.45) is 5.73 Å². The normalized spacial score (nSPS) is 10.1. The first-order valence-electron chi connectivity index (χ1n) is 4.77. The highest BCUT2D eigenvalue weighted by Crippen LogP contribution is 2.34. The SMILES string of the molecule is CN(c1ccc(C#N)s1)c1ccc(CN)s1. The molecule has 0 amide bonds. The molecule has 2 aromatic rings. The van der Waals surface area contributed by atoms with Gasteiger partial charge in [0.1, 0.15) is 10.9 Å². The second-order valence-corrected chi connectivity index (χ2v) is 5.46. The van der Waals surface area contributed by atoms with Crippen LogP contribution in [-0.4, -0.2) is 7.05 Å². The molecule has 0 aliphatic heterocycles. The van der Waals surface area contributed by atoms with E-state index < -0.39 is 0 Å². The van der Waals surface area contributed by atoms with Crippen molar-refractivity contribution in [2.75, 3.05) is 11.9 Å². The molecular weight excluding hydrogens is 238 g/mol. The van der Waals surface area contributed by atoms with Crippen LogP contribution in [0.1, 0.15) is 9.75 Å². The summed E-state index contributed by atoms with van der Waals surface area (Å²) in [4.78, 5) is 3.98. The fourth-order valence-corrected chi connectivity index (χ4v) is 3.03. The molecule has 16 heavy (non-hydrogen) atoms. The van der Waals surface area contributed by atoms with Crippen LogP contribution in [-0.2, 0) is 6.54 Å². The summed E-state index contributed by atoms with van der Waals surface area (Å²) in [5, 5.41) is 11.0. The number of nitriles is 1. The van der Waals surface area contributed by atoms with Gasteiger partial charge in [0.05, 0.1) is 10.0 Å². The Hall–Kier alpha value is -1.35. The predicted octanol–water partition coefficient (Wildman–Crippen LogP) is 2.91. The molecule has 2 aromatic heterocycles. The van der Waals surface area contributed by atoms with Crippen molar-refractivity contribution in [1.82, 2.24) is 0 Å². The molecule has 0 saturated carbocycles. The van der Waals surface area contributed by atoms with Gasteiger partial charge in [0, 0.05) is 18.5 Å². The Morgan fingerprint density at radius 2 is 1.94 bits per heavy atom. The minimum Gasteiger partial charge on any atom is -0.328 e. The largest absolute Gasteiger partial charge is 0.328 e. The minimum absolute atomic E-state index is 0.576. The summed E-state index contributed by atoms with van der Waals surface area (Å²) in [7, 11) is 2.00. The maximum Gasteiger partial charge on any atom is 0.110 e. The summed E-state index contributed by atoms with van der Waals surface area (Å²) in [6, 6.07) is 10.0. The van der Waals surface area contributed by atoms with Gasteiger partial charge in [-0.2, -0.15) is 5.26 Å². The van der Waals surface area contributed by atoms with Crippen LogP contribution in [0.3, 0.4) is 0 Å². The zero-order chi connectivity index (χ0) is 11.5. The molecule has 3 nitrogen and oxygen atoms in total. The fourth-order valence-electron chi connectivity index (χ4n) is 1.33. The molecule has 0 saturated heterocycles. The van der Waals surface area contributed by atoms with E-state index in [-0.39, 0.29) is 0 Å². The molecule has 5 heteroatoms. The smallest absolute Gasteiger partial charge is 0.110 e. The summed E-state index contributed by atoms with van der Waals surface area (Å²) < 4.78 is 0. The van der Waals surface area contributed by atoms with Crippen molar-refractivity contribution in [3.63, 3.8) is 0 Å². The Bertz CT molecular complexity index is 521. The van der Waals surface area contributed by atoms with Gasteiger partial charge in [0.25, 0.3) is 0 Å². The van der Waals surface area contributed by atoms with E-state index in [0.717, 1.165) is 14.9 Å². The van der Waals surface area contributed by atoms with E-state index >= 15 is 0 Å². The highest BCUT2D eigenvalue weighted by molar-refractivity contribution is 7.18. The first-order valence-corrected chi connectivity index (χ1v) is 6.40.